The number of carboxylic acid groups (broad SMARTS) is 1. The maximum Gasteiger partial charge on any atom is 0.347 e. The fourth-order valence-corrected chi connectivity index (χ4v) is 1.85. The summed E-state index contributed by atoms with van der Waals surface area (Å²) in [5.74, 6) is -1.84. The first-order chi connectivity index (χ1) is 7.95. The molecule has 8 heteroatoms. The van der Waals surface area contributed by atoms with E-state index >= 15 is 0 Å². The first-order valence-corrected chi connectivity index (χ1v) is 5.39. The zero-order chi connectivity index (χ0) is 13.0. The molecule has 3 N–H and O–H groups in total. The molecule has 0 saturated carbocycles. The van der Waals surface area contributed by atoms with Crippen molar-refractivity contribution in [2.45, 2.75) is 18.6 Å². The van der Waals surface area contributed by atoms with Crippen LogP contribution in [0.1, 0.15) is 27.2 Å². The van der Waals surface area contributed by atoms with Crippen LogP contribution < -0.4 is 0 Å². The summed E-state index contributed by atoms with van der Waals surface area (Å²) in [5.41, 5.74) is 0. The maximum absolute atomic E-state index is 10.9. The number of ether oxygens (including phenoxy) is 1. The number of rotatable bonds is 5. The first-order valence-electron chi connectivity index (χ1n) is 4.57. The fraction of sp³-hybridized carbons (Fsp3) is 0.444. The molecule has 2 atom stereocenters. The Morgan fingerprint density at radius 1 is 1.53 bits per heavy atom. The number of carbonyl (C=O) groups excluding carboxylic acids is 1. The third-order valence-corrected chi connectivity index (χ3v) is 3.01. The van der Waals surface area contributed by atoms with E-state index in [-0.39, 0.29) is 16.3 Å². The quantitative estimate of drug-likeness (QED) is 0.628. The topological polar surface area (TPSA) is 117 Å². The molecule has 1 heterocycles. The standard InChI is InChI=1S/C9H11NO6S/c1-16-6(12)2-4(11)7(13)8-10-3-5(17-8)9(14)15/h3-4,7,11,13H,2H2,1H3,(H,14,15). The van der Waals surface area contributed by atoms with E-state index in [1.165, 1.54) is 0 Å². The minimum atomic E-state index is -1.41. The zero-order valence-electron chi connectivity index (χ0n) is 8.86. The van der Waals surface area contributed by atoms with Crippen LogP contribution in [0, 0.1) is 0 Å². The van der Waals surface area contributed by atoms with Crippen molar-refractivity contribution in [2.75, 3.05) is 7.11 Å². The molecule has 0 bridgehead atoms. The Labute approximate surface area is 100 Å². The van der Waals surface area contributed by atoms with Gasteiger partial charge >= 0.3 is 11.9 Å². The molecule has 17 heavy (non-hydrogen) atoms. The van der Waals surface area contributed by atoms with Crippen molar-refractivity contribution >= 4 is 23.3 Å². The number of aliphatic hydroxyl groups is 2. The van der Waals surface area contributed by atoms with Crippen molar-refractivity contribution in [3.05, 3.63) is 16.1 Å². The highest BCUT2D eigenvalue weighted by molar-refractivity contribution is 7.13. The van der Waals surface area contributed by atoms with E-state index in [4.69, 9.17) is 5.11 Å². The van der Waals surface area contributed by atoms with Gasteiger partial charge in [0.25, 0.3) is 0 Å². The van der Waals surface area contributed by atoms with Gasteiger partial charge in [0.1, 0.15) is 16.0 Å². The molecule has 1 rings (SSSR count). The predicted octanol–water partition coefficient (Wildman–Crippen LogP) is -0.201. The van der Waals surface area contributed by atoms with E-state index < -0.39 is 24.1 Å². The SMILES string of the molecule is COC(=O)CC(O)C(O)c1ncc(C(=O)O)s1. The minimum Gasteiger partial charge on any atom is -0.477 e. The lowest BCUT2D eigenvalue weighted by molar-refractivity contribution is -0.144. The van der Waals surface area contributed by atoms with E-state index in [0.717, 1.165) is 24.6 Å². The van der Waals surface area contributed by atoms with Gasteiger partial charge in [0.05, 0.1) is 25.8 Å². The number of nitrogens with zero attached hydrogens (tertiary/aromatic N) is 1. The zero-order valence-corrected chi connectivity index (χ0v) is 9.68. The fourth-order valence-electron chi connectivity index (χ4n) is 1.05. The second kappa shape index (κ2) is 5.71. The molecule has 0 fully saturated rings. The number of methoxy groups -OCH3 is 1. The monoisotopic (exact) mass is 261 g/mol. The van der Waals surface area contributed by atoms with Crippen molar-refractivity contribution in [1.29, 1.82) is 0 Å². The number of aliphatic hydroxyl groups excluding tert-OH is 2. The number of hydrogen-bond donors (Lipinski definition) is 3. The third kappa shape index (κ3) is 3.48. The van der Waals surface area contributed by atoms with Crippen LogP contribution >= 0.6 is 11.3 Å². The molecular formula is C9H11NO6S. The lowest BCUT2D eigenvalue weighted by Gasteiger charge is -2.13. The van der Waals surface area contributed by atoms with Crippen molar-refractivity contribution in [1.82, 2.24) is 4.98 Å². The number of aromatic carboxylic acids is 1. The minimum absolute atomic E-state index is 0.0406. The van der Waals surface area contributed by atoms with E-state index in [9.17, 15) is 19.8 Å². The lowest BCUT2D eigenvalue weighted by Crippen LogP contribution is -2.22. The van der Waals surface area contributed by atoms with Gasteiger partial charge in [0, 0.05) is 0 Å². The van der Waals surface area contributed by atoms with Gasteiger partial charge in [-0.1, -0.05) is 0 Å². The second-order valence-corrected chi connectivity index (χ2v) is 4.22. The summed E-state index contributed by atoms with van der Waals surface area (Å²) in [6.45, 7) is 0. The highest BCUT2D eigenvalue weighted by Gasteiger charge is 2.25. The molecule has 0 spiro atoms. The van der Waals surface area contributed by atoms with Crippen LogP contribution in [0.5, 0.6) is 0 Å². The molecule has 0 radical (unpaired) electrons. The van der Waals surface area contributed by atoms with Gasteiger partial charge < -0.3 is 20.1 Å². The van der Waals surface area contributed by atoms with Gasteiger partial charge in [0.15, 0.2) is 0 Å². The molecule has 0 saturated heterocycles. The largest absolute Gasteiger partial charge is 0.477 e. The highest BCUT2D eigenvalue weighted by Crippen LogP contribution is 2.24. The van der Waals surface area contributed by atoms with Crippen LogP contribution in [0.3, 0.4) is 0 Å². The van der Waals surface area contributed by atoms with E-state index in [0.29, 0.717) is 0 Å². The van der Waals surface area contributed by atoms with Gasteiger partial charge in [-0.25, -0.2) is 9.78 Å². The third-order valence-electron chi connectivity index (χ3n) is 1.96. The molecule has 1 aromatic rings. The normalized spacial score (nSPS) is 14.1. The summed E-state index contributed by atoms with van der Waals surface area (Å²) in [6, 6.07) is 0. The van der Waals surface area contributed by atoms with E-state index in [2.05, 4.69) is 9.72 Å². The smallest absolute Gasteiger partial charge is 0.347 e. The molecule has 2 unspecified atom stereocenters. The Kier molecular flexibility index (Phi) is 4.55. The molecule has 0 aliphatic rings. The van der Waals surface area contributed by atoms with Gasteiger partial charge in [-0.2, -0.15) is 0 Å². The van der Waals surface area contributed by atoms with Gasteiger partial charge in [0.2, 0.25) is 0 Å². The number of aromatic nitrogens is 1. The Balaban J connectivity index is 2.70. The molecule has 0 aliphatic carbocycles. The molecular weight excluding hydrogens is 250 g/mol. The number of carboxylic acids is 1. The van der Waals surface area contributed by atoms with Gasteiger partial charge in [-0.05, 0) is 0 Å². The summed E-state index contributed by atoms with van der Waals surface area (Å²) < 4.78 is 4.33. The summed E-state index contributed by atoms with van der Waals surface area (Å²) >= 11 is 0.739. The maximum atomic E-state index is 10.9. The van der Waals surface area contributed by atoms with Crippen LogP contribution in [0.4, 0.5) is 0 Å². The van der Waals surface area contributed by atoms with Crippen LogP contribution in [0.15, 0.2) is 6.20 Å². The second-order valence-electron chi connectivity index (χ2n) is 3.16. The van der Waals surface area contributed by atoms with Crippen molar-refractivity contribution in [2.24, 2.45) is 0 Å². The van der Waals surface area contributed by atoms with Crippen LogP contribution in [-0.4, -0.2) is 45.5 Å². The average Bonchev–Trinajstić information content (AvgIpc) is 2.77. The molecule has 0 amide bonds. The van der Waals surface area contributed by atoms with Gasteiger partial charge in [-0.3, -0.25) is 4.79 Å². The van der Waals surface area contributed by atoms with Crippen molar-refractivity contribution in [3.8, 4) is 0 Å². The molecule has 94 valence electrons. The number of thiazole rings is 1. The van der Waals surface area contributed by atoms with E-state index in [1.54, 1.807) is 0 Å². The summed E-state index contributed by atoms with van der Waals surface area (Å²) in [5, 5.41) is 27.8. The Hall–Kier alpha value is -1.51. The molecule has 0 aromatic carbocycles. The first kappa shape index (κ1) is 13.6. The summed E-state index contributed by atoms with van der Waals surface area (Å²) in [4.78, 5) is 25.1. The predicted molar refractivity (Wildman–Crippen MR) is 56.7 cm³/mol. The number of esters is 1. The van der Waals surface area contributed by atoms with Crippen molar-refractivity contribution in [3.63, 3.8) is 0 Å². The Bertz CT molecular complexity index is 417. The number of carbonyl (C=O) groups is 2. The van der Waals surface area contributed by atoms with Crippen LogP contribution in [-0.2, 0) is 9.53 Å². The summed E-state index contributed by atoms with van der Waals surface area (Å²) in [6.07, 6.45) is -2.10. The van der Waals surface area contributed by atoms with Crippen LogP contribution in [0.25, 0.3) is 0 Å². The van der Waals surface area contributed by atoms with Crippen LogP contribution in [0.2, 0.25) is 0 Å². The Morgan fingerprint density at radius 2 is 2.18 bits per heavy atom. The molecule has 0 aliphatic heterocycles. The van der Waals surface area contributed by atoms with E-state index in [1.807, 2.05) is 0 Å². The number of hydrogen-bond acceptors (Lipinski definition) is 7. The highest BCUT2D eigenvalue weighted by atomic mass is 32.1. The Morgan fingerprint density at radius 3 is 2.65 bits per heavy atom. The van der Waals surface area contributed by atoms with Gasteiger partial charge in [-0.15, -0.1) is 11.3 Å². The average molecular weight is 261 g/mol. The molecule has 1 aromatic heterocycles. The van der Waals surface area contributed by atoms with Crippen molar-refractivity contribution < 1.29 is 29.6 Å². The molecule has 7 nitrogen and oxygen atoms in total. The lowest BCUT2D eigenvalue weighted by atomic mass is 10.1. The summed E-state index contributed by atoms with van der Waals surface area (Å²) in [7, 11) is 1.16.